The highest BCUT2D eigenvalue weighted by Crippen LogP contribution is 2.08. The predicted octanol–water partition coefficient (Wildman–Crippen LogP) is 0.776. The molecule has 0 saturated carbocycles. The second-order valence-corrected chi connectivity index (χ2v) is 3.13. The van der Waals surface area contributed by atoms with Crippen LogP contribution in [0.5, 0.6) is 0 Å². The fourth-order valence-corrected chi connectivity index (χ4v) is 1.42. The van der Waals surface area contributed by atoms with Crippen LogP contribution in [-0.4, -0.2) is 9.61 Å². The molecule has 2 aromatic rings. The molecule has 0 N–H and O–H groups in total. The maximum Gasteiger partial charge on any atom is 0.310 e. The van der Waals surface area contributed by atoms with Crippen molar-refractivity contribution in [2.75, 3.05) is 0 Å². The lowest BCUT2D eigenvalue weighted by Crippen LogP contribution is -2.27. The molecular formula is C9H12N3+. The van der Waals surface area contributed by atoms with E-state index in [1.54, 1.807) is 0 Å². The Hall–Kier alpha value is -1.38. The molecule has 2 aromatic heterocycles. The van der Waals surface area contributed by atoms with Crippen molar-refractivity contribution in [1.82, 2.24) is 9.61 Å². The fourth-order valence-electron chi connectivity index (χ4n) is 1.42. The van der Waals surface area contributed by atoms with Gasteiger partial charge in [-0.05, 0) is 19.4 Å². The maximum atomic E-state index is 4.26. The third-order valence-corrected chi connectivity index (χ3v) is 2.29. The first kappa shape index (κ1) is 7.28. The zero-order valence-electron chi connectivity index (χ0n) is 7.57. The van der Waals surface area contributed by atoms with Gasteiger partial charge < -0.3 is 0 Å². The van der Waals surface area contributed by atoms with Crippen LogP contribution in [0.15, 0.2) is 18.6 Å². The van der Waals surface area contributed by atoms with Crippen molar-refractivity contribution in [1.29, 1.82) is 0 Å². The monoisotopic (exact) mass is 162 g/mol. The van der Waals surface area contributed by atoms with Crippen LogP contribution in [0, 0.1) is 13.8 Å². The summed E-state index contributed by atoms with van der Waals surface area (Å²) >= 11 is 0. The fraction of sp³-hybridized carbons (Fsp3) is 0.333. The zero-order chi connectivity index (χ0) is 8.72. The van der Waals surface area contributed by atoms with Crippen molar-refractivity contribution in [3.63, 3.8) is 0 Å². The number of hydrogen-bond donors (Lipinski definition) is 0. The van der Waals surface area contributed by atoms with E-state index in [4.69, 9.17) is 0 Å². The van der Waals surface area contributed by atoms with Gasteiger partial charge in [0.15, 0.2) is 6.20 Å². The van der Waals surface area contributed by atoms with Gasteiger partial charge in [0.05, 0.1) is 13.2 Å². The van der Waals surface area contributed by atoms with Gasteiger partial charge in [-0.1, -0.05) is 5.10 Å². The Morgan fingerprint density at radius 2 is 2.17 bits per heavy atom. The van der Waals surface area contributed by atoms with Crippen LogP contribution < -0.4 is 4.57 Å². The summed E-state index contributed by atoms with van der Waals surface area (Å²) in [6, 6.07) is 0. The molecule has 0 saturated heterocycles. The molecule has 0 aliphatic carbocycles. The van der Waals surface area contributed by atoms with Gasteiger partial charge in [0.1, 0.15) is 6.20 Å². The van der Waals surface area contributed by atoms with Gasteiger partial charge in [-0.2, -0.15) is 0 Å². The molecule has 3 heteroatoms. The number of rotatable bonds is 0. The third-order valence-electron chi connectivity index (χ3n) is 2.29. The van der Waals surface area contributed by atoms with Crippen molar-refractivity contribution in [2.45, 2.75) is 13.8 Å². The first-order chi connectivity index (χ1) is 5.70. The summed E-state index contributed by atoms with van der Waals surface area (Å²) < 4.78 is 3.97. The standard InChI is InChI=1S/C9H12N3/c1-7-6-10-12-5-4-11(3)9(12)8(7)2/h4-6H,1-3H3/q+1. The van der Waals surface area contributed by atoms with E-state index in [0.29, 0.717) is 0 Å². The topological polar surface area (TPSA) is 21.2 Å². The lowest BCUT2D eigenvalue weighted by atomic mass is 10.2. The summed E-state index contributed by atoms with van der Waals surface area (Å²) in [6.07, 6.45) is 5.86. The number of fused-ring (bicyclic) bond motifs is 1. The smallest absolute Gasteiger partial charge is 0.231 e. The molecule has 0 bridgehead atoms. The minimum Gasteiger partial charge on any atom is -0.231 e. The Bertz CT molecular complexity index is 429. The average molecular weight is 162 g/mol. The summed E-state index contributed by atoms with van der Waals surface area (Å²) in [4.78, 5) is 0. The van der Waals surface area contributed by atoms with Crippen LogP contribution in [0.25, 0.3) is 5.65 Å². The van der Waals surface area contributed by atoms with Gasteiger partial charge >= 0.3 is 5.65 Å². The molecule has 0 aromatic carbocycles. The zero-order valence-corrected chi connectivity index (χ0v) is 7.57. The van der Waals surface area contributed by atoms with Gasteiger partial charge in [0.25, 0.3) is 0 Å². The largest absolute Gasteiger partial charge is 0.310 e. The molecule has 0 fully saturated rings. The van der Waals surface area contributed by atoms with E-state index in [-0.39, 0.29) is 0 Å². The van der Waals surface area contributed by atoms with Gasteiger partial charge in [-0.15, -0.1) is 4.52 Å². The Labute approximate surface area is 71.3 Å². The van der Waals surface area contributed by atoms with E-state index >= 15 is 0 Å². The molecule has 62 valence electrons. The SMILES string of the molecule is Cc1cnn2cc[n+](C)c2c1C. The van der Waals surface area contributed by atoms with E-state index in [9.17, 15) is 0 Å². The molecular weight excluding hydrogens is 150 g/mol. The molecule has 0 radical (unpaired) electrons. The summed E-state index contributed by atoms with van der Waals surface area (Å²) in [5.41, 5.74) is 3.68. The van der Waals surface area contributed by atoms with Crippen molar-refractivity contribution >= 4 is 5.65 Å². The van der Waals surface area contributed by atoms with Crippen molar-refractivity contribution in [2.24, 2.45) is 7.05 Å². The predicted molar refractivity (Wildman–Crippen MR) is 45.8 cm³/mol. The highest BCUT2D eigenvalue weighted by atomic mass is 15.3. The van der Waals surface area contributed by atoms with Crippen molar-refractivity contribution in [3.05, 3.63) is 29.7 Å². The van der Waals surface area contributed by atoms with Crippen molar-refractivity contribution in [3.8, 4) is 0 Å². The first-order valence-electron chi connectivity index (χ1n) is 3.99. The molecule has 0 aliphatic heterocycles. The van der Waals surface area contributed by atoms with Gasteiger partial charge in [0, 0.05) is 5.56 Å². The molecule has 3 nitrogen and oxygen atoms in total. The normalized spacial score (nSPS) is 10.9. The number of aryl methyl sites for hydroxylation is 3. The quantitative estimate of drug-likeness (QED) is 0.524. The van der Waals surface area contributed by atoms with E-state index in [1.807, 2.05) is 30.2 Å². The Kier molecular flexibility index (Phi) is 1.40. The van der Waals surface area contributed by atoms with Crippen LogP contribution in [0.1, 0.15) is 11.1 Å². The van der Waals surface area contributed by atoms with Crippen LogP contribution in [0.3, 0.4) is 0 Å². The summed E-state index contributed by atoms with van der Waals surface area (Å²) in [7, 11) is 2.03. The maximum absolute atomic E-state index is 4.26. The molecule has 12 heavy (non-hydrogen) atoms. The number of aromatic nitrogens is 3. The second-order valence-electron chi connectivity index (χ2n) is 3.13. The molecule has 0 atom stereocenters. The Morgan fingerprint density at radius 3 is 2.92 bits per heavy atom. The molecule has 2 heterocycles. The molecule has 0 amide bonds. The Balaban J connectivity index is 2.96. The summed E-state index contributed by atoms with van der Waals surface area (Å²) in [6.45, 7) is 4.20. The van der Waals surface area contributed by atoms with E-state index in [2.05, 4.69) is 23.5 Å². The molecule has 0 spiro atoms. The van der Waals surface area contributed by atoms with Crippen LogP contribution >= 0.6 is 0 Å². The average Bonchev–Trinajstić information content (AvgIpc) is 2.41. The van der Waals surface area contributed by atoms with E-state index in [1.165, 1.54) is 11.1 Å². The third kappa shape index (κ3) is 0.826. The minimum absolute atomic E-state index is 1.16. The second kappa shape index (κ2) is 2.30. The highest BCUT2D eigenvalue weighted by molar-refractivity contribution is 5.43. The highest BCUT2D eigenvalue weighted by Gasteiger charge is 2.11. The lowest BCUT2D eigenvalue weighted by Gasteiger charge is -1.95. The molecule has 0 unspecified atom stereocenters. The van der Waals surface area contributed by atoms with Crippen LogP contribution in [0.4, 0.5) is 0 Å². The number of imidazole rings is 1. The van der Waals surface area contributed by atoms with E-state index < -0.39 is 0 Å². The van der Waals surface area contributed by atoms with Crippen molar-refractivity contribution < 1.29 is 4.57 Å². The number of hydrogen-bond acceptors (Lipinski definition) is 1. The van der Waals surface area contributed by atoms with Crippen LogP contribution in [0.2, 0.25) is 0 Å². The van der Waals surface area contributed by atoms with Gasteiger partial charge in [0.2, 0.25) is 0 Å². The minimum atomic E-state index is 1.16. The Morgan fingerprint density at radius 1 is 1.42 bits per heavy atom. The summed E-state index contributed by atoms with van der Waals surface area (Å²) in [5.74, 6) is 0. The van der Waals surface area contributed by atoms with Gasteiger partial charge in [-0.3, -0.25) is 0 Å². The van der Waals surface area contributed by atoms with Gasteiger partial charge in [-0.25, -0.2) is 4.57 Å². The molecule has 2 rings (SSSR count). The van der Waals surface area contributed by atoms with E-state index in [0.717, 1.165) is 5.65 Å². The lowest BCUT2D eigenvalue weighted by molar-refractivity contribution is -0.644. The molecule has 0 aliphatic rings. The summed E-state index contributed by atoms with van der Waals surface area (Å²) in [5, 5.41) is 4.26. The first-order valence-corrected chi connectivity index (χ1v) is 3.99. The van der Waals surface area contributed by atoms with Crippen LogP contribution in [-0.2, 0) is 7.05 Å². The number of nitrogens with zero attached hydrogens (tertiary/aromatic N) is 3.